The summed E-state index contributed by atoms with van der Waals surface area (Å²) in [6, 6.07) is 0.560. The van der Waals surface area contributed by atoms with Crippen LogP contribution in [0.5, 0.6) is 0 Å². The van der Waals surface area contributed by atoms with Crippen molar-refractivity contribution in [2.45, 2.75) is 13.0 Å². The number of fused-ring (bicyclic) bond motifs is 1. The van der Waals surface area contributed by atoms with E-state index in [1.54, 1.807) is 0 Å². The van der Waals surface area contributed by atoms with Crippen molar-refractivity contribution >= 4 is 0 Å². The molecule has 2 rings (SSSR count). The number of hydrogen-bond donors (Lipinski definition) is 2. The summed E-state index contributed by atoms with van der Waals surface area (Å²) in [6.45, 7) is 3.18. The Kier molecular flexibility index (Phi) is 0.835. The lowest BCUT2D eigenvalue weighted by Gasteiger charge is -2.03. The molecule has 0 saturated heterocycles. The van der Waals surface area contributed by atoms with Crippen LogP contribution in [0.15, 0.2) is 23.5 Å². The summed E-state index contributed by atoms with van der Waals surface area (Å²) in [5.74, 6) is 0. The Morgan fingerprint density at radius 2 is 2.44 bits per heavy atom. The Labute approximate surface area is 54.6 Å². The number of rotatable bonds is 0. The average molecular weight is 122 g/mol. The highest BCUT2D eigenvalue weighted by Crippen LogP contribution is 2.21. The quantitative estimate of drug-likeness (QED) is 0.484. The molecule has 0 saturated carbocycles. The van der Waals surface area contributed by atoms with Crippen molar-refractivity contribution in [2.24, 2.45) is 0 Å². The van der Waals surface area contributed by atoms with Gasteiger partial charge in [-0.15, -0.1) is 0 Å². The molecule has 2 heteroatoms. The van der Waals surface area contributed by atoms with Crippen LogP contribution in [0.1, 0.15) is 6.92 Å². The molecular weight excluding hydrogens is 112 g/mol. The van der Waals surface area contributed by atoms with E-state index in [9.17, 15) is 0 Å². The van der Waals surface area contributed by atoms with Crippen molar-refractivity contribution in [2.75, 3.05) is 6.54 Å². The van der Waals surface area contributed by atoms with E-state index in [1.165, 1.54) is 11.1 Å². The van der Waals surface area contributed by atoms with Gasteiger partial charge in [-0.25, -0.2) is 0 Å². The first kappa shape index (κ1) is 4.91. The van der Waals surface area contributed by atoms with E-state index < -0.39 is 0 Å². The van der Waals surface area contributed by atoms with Gasteiger partial charge in [-0.3, -0.25) is 0 Å². The molecule has 2 N–H and O–H groups in total. The van der Waals surface area contributed by atoms with Gasteiger partial charge in [0.15, 0.2) is 0 Å². The van der Waals surface area contributed by atoms with Gasteiger partial charge in [-0.05, 0) is 18.1 Å². The topological polar surface area (TPSA) is 24.1 Å². The highest BCUT2D eigenvalue weighted by atomic mass is 15.0. The molecule has 0 bridgehead atoms. The summed E-state index contributed by atoms with van der Waals surface area (Å²) >= 11 is 0. The molecule has 0 aromatic heterocycles. The van der Waals surface area contributed by atoms with Crippen molar-refractivity contribution in [3.05, 3.63) is 23.5 Å². The van der Waals surface area contributed by atoms with Gasteiger partial charge >= 0.3 is 0 Å². The maximum Gasteiger partial charge on any atom is 0.0697 e. The second-order valence-corrected chi connectivity index (χ2v) is 2.55. The van der Waals surface area contributed by atoms with E-state index in [0.29, 0.717) is 6.04 Å². The molecule has 0 amide bonds. The van der Waals surface area contributed by atoms with Crippen LogP contribution >= 0.6 is 0 Å². The SMILES string of the molecule is CC1=CN[C@@H]2CNC=C12. The average Bonchev–Trinajstić information content (AvgIpc) is 2.35. The van der Waals surface area contributed by atoms with Crippen LogP contribution in [0.2, 0.25) is 0 Å². The van der Waals surface area contributed by atoms with Gasteiger partial charge < -0.3 is 10.6 Å². The molecule has 1 atom stereocenters. The van der Waals surface area contributed by atoms with Gasteiger partial charge in [0.05, 0.1) is 6.04 Å². The van der Waals surface area contributed by atoms with Gasteiger partial charge in [-0.2, -0.15) is 0 Å². The van der Waals surface area contributed by atoms with Gasteiger partial charge in [0, 0.05) is 18.9 Å². The minimum Gasteiger partial charge on any atom is -0.388 e. The van der Waals surface area contributed by atoms with Crippen molar-refractivity contribution < 1.29 is 0 Å². The zero-order valence-corrected chi connectivity index (χ0v) is 5.44. The van der Waals surface area contributed by atoms with E-state index in [4.69, 9.17) is 0 Å². The fraction of sp³-hybridized carbons (Fsp3) is 0.429. The van der Waals surface area contributed by atoms with Crippen LogP contribution in [0.3, 0.4) is 0 Å². The lowest BCUT2D eigenvalue weighted by atomic mass is 10.1. The fourth-order valence-electron chi connectivity index (χ4n) is 1.34. The molecule has 48 valence electrons. The van der Waals surface area contributed by atoms with E-state index in [1.807, 2.05) is 0 Å². The second kappa shape index (κ2) is 1.53. The number of hydrogen-bond acceptors (Lipinski definition) is 2. The van der Waals surface area contributed by atoms with Crippen molar-refractivity contribution in [3.8, 4) is 0 Å². The lowest BCUT2D eigenvalue weighted by Crippen LogP contribution is -2.25. The summed E-state index contributed by atoms with van der Waals surface area (Å²) in [7, 11) is 0. The lowest BCUT2D eigenvalue weighted by molar-refractivity contribution is 0.705. The molecule has 2 aliphatic heterocycles. The van der Waals surface area contributed by atoms with Crippen LogP contribution < -0.4 is 10.6 Å². The Balaban J connectivity index is 2.33. The molecule has 2 aliphatic rings. The second-order valence-electron chi connectivity index (χ2n) is 2.55. The van der Waals surface area contributed by atoms with Gasteiger partial charge in [0.2, 0.25) is 0 Å². The van der Waals surface area contributed by atoms with Gasteiger partial charge in [0.25, 0.3) is 0 Å². The highest BCUT2D eigenvalue weighted by molar-refractivity contribution is 5.41. The monoisotopic (exact) mass is 122 g/mol. The largest absolute Gasteiger partial charge is 0.388 e. The third-order valence-corrected chi connectivity index (χ3v) is 1.91. The molecule has 2 nitrogen and oxygen atoms in total. The number of nitrogens with one attached hydrogen (secondary N) is 2. The summed E-state index contributed by atoms with van der Waals surface area (Å²) in [5.41, 5.74) is 2.79. The summed E-state index contributed by atoms with van der Waals surface area (Å²) in [5, 5.41) is 6.46. The third kappa shape index (κ3) is 0.559. The van der Waals surface area contributed by atoms with Crippen LogP contribution in [0.25, 0.3) is 0 Å². The maximum absolute atomic E-state index is 3.28. The normalized spacial score (nSPS) is 30.1. The van der Waals surface area contributed by atoms with E-state index in [0.717, 1.165) is 6.54 Å². The van der Waals surface area contributed by atoms with Crippen LogP contribution in [0, 0.1) is 0 Å². The first-order valence-corrected chi connectivity index (χ1v) is 3.24. The molecule has 0 aromatic rings. The molecule has 0 spiro atoms. The maximum atomic E-state index is 3.28. The Morgan fingerprint density at radius 3 is 3.22 bits per heavy atom. The summed E-state index contributed by atoms with van der Waals surface area (Å²) in [4.78, 5) is 0. The Morgan fingerprint density at radius 1 is 1.56 bits per heavy atom. The molecule has 0 aromatic carbocycles. The first-order valence-electron chi connectivity index (χ1n) is 3.24. The minimum absolute atomic E-state index is 0.560. The standard InChI is InChI=1S/C7H10N2/c1-5-2-9-7-4-8-3-6(5)7/h2-3,7-9H,4H2,1H3/t7-/m1/s1. The summed E-state index contributed by atoms with van der Waals surface area (Å²) in [6.07, 6.45) is 4.17. The minimum atomic E-state index is 0.560. The van der Waals surface area contributed by atoms with Crippen molar-refractivity contribution in [1.29, 1.82) is 0 Å². The Bertz CT molecular complexity index is 191. The zero-order valence-electron chi connectivity index (χ0n) is 5.44. The predicted molar refractivity (Wildman–Crippen MR) is 36.8 cm³/mol. The van der Waals surface area contributed by atoms with Gasteiger partial charge in [-0.1, -0.05) is 0 Å². The predicted octanol–water partition coefficient (Wildman–Crippen LogP) is 0.349. The van der Waals surface area contributed by atoms with Gasteiger partial charge in [0.1, 0.15) is 0 Å². The van der Waals surface area contributed by atoms with Crippen molar-refractivity contribution in [1.82, 2.24) is 10.6 Å². The van der Waals surface area contributed by atoms with Crippen molar-refractivity contribution in [3.63, 3.8) is 0 Å². The molecule has 0 unspecified atom stereocenters. The van der Waals surface area contributed by atoms with Crippen LogP contribution in [0.4, 0.5) is 0 Å². The summed E-state index contributed by atoms with van der Waals surface area (Å²) < 4.78 is 0. The smallest absolute Gasteiger partial charge is 0.0697 e. The zero-order chi connectivity index (χ0) is 6.27. The molecule has 0 radical (unpaired) electrons. The first-order chi connectivity index (χ1) is 4.38. The van der Waals surface area contributed by atoms with E-state index in [-0.39, 0.29) is 0 Å². The molecule has 9 heavy (non-hydrogen) atoms. The fourth-order valence-corrected chi connectivity index (χ4v) is 1.34. The van der Waals surface area contributed by atoms with E-state index in [2.05, 4.69) is 30.0 Å². The highest BCUT2D eigenvalue weighted by Gasteiger charge is 2.22. The van der Waals surface area contributed by atoms with Crippen LogP contribution in [-0.4, -0.2) is 12.6 Å². The third-order valence-electron chi connectivity index (χ3n) is 1.91. The Hall–Kier alpha value is -0.920. The van der Waals surface area contributed by atoms with Crippen LogP contribution in [-0.2, 0) is 0 Å². The molecule has 2 heterocycles. The molecule has 0 aliphatic carbocycles. The van der Waals surface area contributed by atoms with E-state index >= 15 is 0 Å². The molecule has 0 fully saturated rings. The molecular formula is C7H10N2.